The lowest BCUT2D eigenvalue weighted by Gasteiger charge is -2.54. The zero-order chi connectivity index (χ0) is 22.8. The molecule has 3 N–H and O–H groups in total. The average Bonchev–Trinajstić information content (AvgIpc) is 2.72. The van der Waals surface area contributed by atoms with Crippen molar-refractivity contribution in [2.24, 2.45) is 17.6 Å². The molecule has 3 aromatic rings. The molecule has 0 saturated heterocycles. The molecule has 2 unspecified atom stereocenters. The van der Waals surface area contributed by atoms with Gasteiger partial charge in [0, 0.05) is 42.1 Å². The van der Waals surface area contributed by atoms with Crippen molar-refractivity contribution in [1.29, 1.82) is 0 Å². The molecule has 2 aromatic heterocycles. The minimum absolute atomic E-state index is 0.0842. The number of rotatable bonds is 3. The first-order valence-corrected chi connectivity index (χ1v) is 10.6. The number of nitrogens with one attached hydrogen (secondary N) is 1. The smallest absolute Gasteiger partial charge is 0.268 e. The summed E-state index contributed by atoms with van der Waals surface area (Å²) >= 11 is 0. The van der Waals surface area contributed by atoms with Crippen LogP contribution in [0.4, 0.5) is 13.2 Å². The molecule has 1 amide bonds. The molecule has 2 heterocycles. The van der Waals surface area contributed by atoms with Gasteiger partial charge in [-0.25, -0.2) is 13.2 Å². The van der Waals surface area contributed by atoms with Gasteiger partial charge in [-0.1, -0.05) is 6.07 Å². The summed E-state index contributed by atoms with van der Waals surface area (Å²) in [6, 6.07) is 7.18. The molecule has 2 fully saturated rings. The fourth-order valence-electron chi connectivity index (χ4n) is 5.84. The second kappa shape index (κ2) is 7.18. The van der Waals surface area contributed by atoms with Gasteiger partial charge < -0.3 is 10.7 Å². The van der Waals surface area contributed by atoms with E-state index >= 15 is 0 Å². The number of fused-ring (bicyclic) bond motifs is 2. The van der Waals surface area contributed by atoms with Gasteiger partial charge in [0.15, 0.2) is 5.43 Å². The molecular formula is C24H22F3N3O2. The van der Waals surface area contributed by atoms with E-state index in [-0.39, 0.29) is 29.3 Å². The molecule has 1 aromatic carbocycles. The number of carbonyl (C=O) groups is 1. The first-order valence-electron chi connectivity index (χ1n) is 10.6. The third-order valence-electron chi connectivity index (χ3n) is 7.19. The number of primary amides is 1. The van der Waals surface area contributed by atoms with E-state index in [4.69, 9.17) is 5.73 Å². The van der Waals surface area contributed by atoms with Gasteiger partial charge in [0.2, 0.25) is 0 Å². The first-order chi connectivity index (χ1) is 15.2. The van der Waals surface area contributed by atoms with Crippen LogP contribution in [0.3, 0.4) is 0 Å². The number of halogens is 3. The second-order valence-electron chi connectivity index (χ2n) is 9.00. The Morgan fingerprint density at radius 2 is 2.00 bits per heavy atom. The number of aryl methyl sites for hydroxylation is 1. The molecule has 166 valence electrons. The molecule has 32 heavy (non-hydrogen) atoms. The lowest BCUT2D eigenvalue weighted by Crippen LogP contribution is -2.54. The Bertz CT molecular complexity index is 1300. The van der Waals surface area contributed by atoms with E-state index in [1.807, 2.05) is 0 Å². The van der Waals surface area contributed by atoms with Crippen LogP contribution in [0.25, 0.3) is 10.9 Å². The largest absolute Gasteiger partial charge is 0.364 e. The number of alkyl halides is 2. The third-order valence-corrected chi connectivity index (χ3v) is 7.19. The van der Waals surface area contributed by atoms with Crippen LogP contribution in [0, 0.1) is 24.6 Å². The number of nitrogens with two attached hydrogens (primary N) is 1. The normalized spacial score (nSPS) is 26.4. The second-order valence-corrected chi connectivity index (χ2v) is 9.00. The summed E-state index contributed by atoms with van der Waals surface area (Å²) in [5, 5.41) is 0.0842. The number of hydrogen-bond donors (Lipinski definition) is 2. The van der Waals surface area contributed by atoms with Gasteiger partial charge in [-0.05, 0) is 55.0 Å². The van der Waals surface area contributed by atoms with Crippen LogP contribution in [0.15, 0.2) is 41.3 Å². The van der Waals surface area contributed by atoms with Crippen molar-refractivity contribution in [2.45, 2.75) is 43.9 Å². The van der Waals surface area contributed by atoms with Gasteiger partial charge >= 0.3 is 0 Å². The van der Waals surface area contributed by atoms with Crippen molar-refractivity contribution in [3.63, 3.8) is 0 Å². The quantitative estimate of drug-likeness (QED) is 0.631. The number of aromatic amines is 1. The number of amides is 1. The molecule has 0 bridgehead atoms. The van der Waals surface area contributed by atoms with Crippen LogP contribution in [-0.4, -0.2) is 21.8 Å². The van der Waals surface area contributed by atoms with E-state index in [1.54, 1.807) is 19.1 Å². The molecule has 5 nitrogen and oxygen atoms in total. The average molecular weight is 441 g/mol. The Morgan fingerprint density at radius 1 is 1.22 bits per heavy atom. The van der Waals surface area contributed by atoms with Crippen LogP contribution in [0.5, 0.6) is 0 Å². The number of nitrogens with zero attached hydrogens (tertiary/aromatic N) is 1. The van der Waals surface area contributed by atoms with E-state index in [9.17, 15) is 22.8 Å². The van der Waals surface area contributed by atoms with Gasteiger partial charge in [-0.3, -0.25) is 14.6 Å². The van der Waals surface area contributed by atoms with E-state index in [2.05, 4.69) is 9.97 Å². The molecule has 4 atom stereocenters. The van der Waals surface area contributed by atoms with Crippen molar-refractivity contribution in [3.8, 4) is 0 Å². The Morgan fingerprint density at radius 3 is 2.69 bits per heavy atom. The predicted octanol–water partition coefficient (Wildman–Crippen LogP) is 4.40. The third kappa shape index (κ3) is 3.12. The van der Waals surface area contributed by atoms with E-state index < -0.39 is 34.9 Å². The van der Waals surface area contributed by atoms with E-state index in [1.165, 1.54) is 24.4 Å². The minimum Gasteiger partial charge on any atom is -0.364 e. The summed E-state index contributed by atoms with van der Waals surface area (Å²) in [5.74, 6) is -5.96. The summed E-state index contributed by atoms with van der Waals surface area (Å²) in [6.45, 7) is 1.73. The number of carbonyl (C=O) groups excluding carboxylic acids is 1. The van der Waals surface area contributed by atoms with Crippen molar-refractivity contribution < 1.29 is 18.0 Å². The fraction of sp³-hybridized carbons (Fsp3) is 0.375. The highest BCUT2D eigenvalue weighted by Gasteiger charge is 2.62. The van der Waals surface area contributed by atoms with E-state index in [0.717, 1.165) is 0 Å². The van der Waals surface area contributed by atoms with Crippen LogP contribution >= 0.6 is 0 Å². The summed E-state index contributed by atoms with van der Waals surface area (Å²) in [6.07, 6.45) is 2.49. The van der Waals surface area contributed by atoms with Crippen LogP contribution in [0.1, 0.15) is 58.4 Å². The van der Waals surface area contributed by atoms with Crippen LogP contribution in [-0.2, 0) is 0 Å². The molecule has 2 aliphatic rings. The highest BCUT2D eigenvalue weighted by Crippen LogP contribution is 2.63. The van der Waals surface area contributed by atoms with Crippen molar-refractivity contribution >= 4 is 16.8 Å². The van der Waals surface area contributed by atoms with Gasteiger partial charge in [-0.2, -0.15) is 0 Å². The maximum absolute atomic E-state index is 14.8. The maximum Gasteiger partial charge on any atom is 0.268 e. The molecular weight excluding hydrogens is 419 g/mol. The Kier molecular flexibility index (Phi) is 4.65. The molecule has 0 spiro atoms. The molecule has 2 aliphatic carbocycles. The minimum atomic E-state index is -2.81. The lowest BCUT2D eigenvalue weighted by atomic mass is 9.52. The van der Waals surface area contributed by atoms with Gasteiger partial charge in [-0.15, -0.1) is 0 Å². The summed E-state index contributed by atoms with van der Waals surface area (Å²) in [5.41, 5.74) is 7.00. The zero-order valence-electron chi connectivity index (χ0n) is 17.4. The number of benzene rings is 1. The number of H-pyrrole nitrogens is 1. The molecule has 5 rings (SSSR count). The van der Waals surface area contributed by atoms with E-state index in [0.29, 0.717) is 35.2 Å². The highest BCUT2D eigenvalue weighted by atomic mass is 19.3. The summed E-state index contributed by atoms with van der Waals surface area (Å²) in [7, 11) is 0. The number of hydrogen-bond acceptors (Lipinski definition) is 3. The summed E-state index contributed by atoms with van der Waals surface area (Å²) < 4.78 is 43.3. The SMILES string of the molecule is Cc1cc(F)ccc1[C@H]1C(c2cc(=O)c3c(C(N)=O)nccc3[nH]2)CC[C@H]2CC(F)(F)C21. The Labute approximate surface area is 181 Å². The van der Waals surface area contributed by atoms with Gasteiger partial charge in [0.1, 0.15) is 11.5 Å². The van der Waals surface area contributed by atoms with Crippen LogP contribution in [0.2, 0.25) is 0 Å². The van der Waals surface area contributed by atoms with Crippen molar-refractivity contribution in [3.05, 3.63) is 75.1 Å². The maximum atomic E-state index is 14.8. The molecule has 0 radical (unpaired) electrons. The lowest BCUT2D eigenvalue weighted by molar-refractivity contribution is -0.198. The molecule has 2 saturated carbocycles. The monoisotopic (exact) mass is 441 g/mol. The highest BCUT2D eigenvalue weighted by molar-refractivity contribution is 6.03. The Hall–Kier alpha value is -3.16. The Balaban J connectivity index is 1.68. The standard InChI is InChI=1S/C24H22F3N3O2/c1-11-8-13(25)3-5-14(11)19-15(4-2-12-10-24(26,27)21(12)19)17-9-18(31)20-16(30-17)6-7-29-22(20)23(28)32/h3,5-9,12,15,19,21H,2,4,10H2,1H3,(H2,28,32)(H,30,31)/t12-,15?,19-,21?/m0/s1. The fourth-order valence-corrected chi connectivity index (χ4v) is 5.84. The predicted molar refractivity (Wildman–Crippen MR) is 113 cm³/mol. The molecule has 8 heteroatoms. The number of pyridine rings is 2. The zero-order valence-corrected chi connectivity index (χ0v) is 17.4. The topological polar surface area (TPSA) is 88.8 Å². The number of aromatic nitrogens is 2. The molecule has 0 aliphatic heterocycles. The first kappa shape index (κ1) is 20.7. The van der Waals surface area contributed by atoms with Gasteiger partial charge in [0.05, 0.1) is 10.9 Å². The van der Waals surface area contributed by atoms with Crippen molar-refractivity contribution in [2.75, 3.05) is 0 Å². The van der Waals surface area contributed by atoms with Gasteiger partial charge in [0.25, 0.3) is 11.8 Å². The van der Waals surface area contributed by atoms with Crippen LogP contribution < -0.4 is 11.2 Å². The van der Waals surface area contributed by atoms with Crippen molar-refractivity contribution in [1.82, 2.24) is 9.97 Å². The summed E-state index contributed by atoms with van der Waals surface area (Å²) in [4.78, 5) is 31.7.